The van der Waals surface area contributed by atoms with Crippen LogP contribution in [0.5, 0.6) is 0 Å². The first-order valence-electron chi connectivity index (χ1n) is 6.18. The second kappa shape index (κ2) is 6.58. The monoisotopic (exact) mass is 298 g/mol. The molecule has 110 valence electrons. The molecule has 1 heterocycles. The van der Waals surface area contributed by atoms with Gasteiger partial charge in [0.05, 0.1) is 5.41 Å². The minimum Gasteiger partial charge on any atom is -0.351 e. The highest BCUT2D eigenvalue weighted by Gasteiger charge is 2.36. The van der Waals surface area contributed by atoms with Crippen molar-refractivity contribution in [3.63, 3.8) is 0 Å². The number of primary amides is 1. The van der Waals surface area contributed by atoms with Crippen molar-refractivity contribution in [2.75, 3.05) is 23.7 Å². The van der Waals surface area contributed by atoms with E-state index in [1.54, 1.807) is 24.3 Å². The molecule has 0 bridgehead atoms. The SMILES string of the molecule is CC1(C(=O)Nc2cccc(NC(N)=O)c2)CCNC1.Cl. The van der Waals surface area contributed by atoms with E-state index in [1.165, 1.54) is 0 Å². The second-order valence-electron chi connectivity index (χ2n) is 5.01. The van der Waals surface area contributed by atoms with Gasteiger partial charge < -0.3 is 21.7 Å². The predicted molar refractivity (Wildman–Crippen MR) is 81.1 cm³/mol. The van der Waals surface area contributed by atoms with Crippen LogP contribution in [0, 0.1) is 5.41 Å². The number of anilines is 2. The van der Waals surface area contributed by atoms with Crippen molar-refractivity contribution in [2.45, 2.75) is 13.3 Å². The highest BCUT2D eigenvalue weighted by molar-refractivity contribution is 5.96. The molecule has 0 saturated carbocycles. The number of hydrogen-bond acceptors (Lipinski definition) is 3. The number of carbonyl (C=O) groups is 2. The normalized spacial score (nSPS) is 20.9. The summed E-state index contributed by atoms with van der Waals surface area (Å²) in [6.07, 6.45) is 0.818. The summed E-state index contributed by atoms with van der Waals surface area (Å²) >= 11 is 0. The lowest BCUT2D eigenvalue weighted by atomic mass is 9.89. The molecule has 1 atom stereocenters. The lowest BCUT2D eigenvalue weighted by Crippen LogP contribution is -2.35. The van der Waals surface area contributed by atoms with E-state index in [0.717, 1.165) is 13.0 Å². The maximum Gasteiger partial charge on any atom is 0.316 e. The van der Waals surface area contributed by atoms with E-state index in [0.29, 0.717) is 17.9 Å². The number of hydrogen-bond donors (Lipinski definition) is 4. The molecule has 0 radical (unpaired) electrons. The van der Waals surface area contributed by atoms with E-state index in [2.05, 4.69) is 16.0 Å². The van der Waals surface area contributed by atoms with Crippen molar-refractivity contribution in [2.24, 2.45) is 11.1 Å². The minimum atomic E-state index is -0.629. The lowest BCUT2D eigenvalue weighted by Gasteiger charge is -2.21. The average molecular weight is 299 g/mol. The Balaban J connectivity index is 0.00000200. The van der Waals surface area contributed by atoms with E-state index >= 15 is 0 Å². The number of urea groups is 1. The van der Waals surface area contributed by atoms with Crippen LogP contribution in [0.4, 0.5) is 16.2 Å². The Kier molecular flexibility index (Phi) is 5.35. The Morgan fingerprint density at radius 1 is 1.30 bits per heavy atom. The van der Waals surface area contributed by atoms with Gasteiger partial charge in [-0.05, 0) is 38.1 Å². The van der Waals surface area contributed by atoms with Gasteiger partial charge in [-0.15, -0.1) is 12.4 Å². The van der Waals surface area contributed by atoms with Crippen molar-refractivity contribution in [3.05, 3.63) is 24.3 Å². The number of carbonyl (C=O) groups excluding carboxylic acids is 2. The Labute approximate surface area is 123 Å². The van der Waals surface area contributed by atoms with Gasteiger partial charge in [-0.3, -0.25) is 4.79 Å². The van der Waals surface area contributed by atoms with Crippen LogP contribution in [0.25, 0.3) is 0 Å². The average Bonchev–Trinajstić information content (AvgIpc) is 2.77. The van der Waals surface area contributed by atoms with Crippen molar-refractivity contribution in [1.29, 1.82) is 0 Å². The first kappa shape index (κ1) is 16.3. The fourth-order valence-corrected chi connectivity index (χ4v) is 2.11. The molecule has 0 aromatic heterocycles. The van der Waals surface area contributed by atoms with Crippen molar-refractivity contribution < 1.29 is 9.59 Å². The number of rotatable bonds is 3. The third kappa shape index (κ3) is 3.85. The highest BCUT2D eigenvalue weighted by atomic mass is 35.5. The van der Waals surface area contributed by atoms with Gasteiger partial charge in [-0.2, -0.15) is 0 Å². The van der Waals surface area contributed by atoms with Gasteiger partial charge in [0.25, 0.3) is 0 Å². The summed E-state index contributed by atoms with van der Waals surface area (Å²) in [5.41, 5.74) is 5.87. The van der Waals surface area contributed by atoms with Gasteiger partial charge in [0.2, 0.25) is 5.91 Å². The fraction of sp³-hybridized carbons (Fsp3) is 0.385. The standard InChI is InChI=1S/C13H18N4O2.ClH/c1-13(5-6-15-8-13)11(18)16-9-3-2-4-10(7-9)17-12(14)19;/h2-4,7,15H,5-6,8H2,1H3,(H,16,18)(H3,14,17,19);1H. The first-order chi connectivity index (χ1) is 8.99. The molecule has 1 fully saturated rings. The summed E-state index contributed by atoms with van der Waals surface area (Å²) in [6.45, 7) is 3.47. The molecule has 0 spiro atoms. The molecule has 1 aliphatic heterocycles. The second-order valence-corrected chi connectivity index (χ2v) is 5.01. The number of nitrogens with one attached hydrogen (secondary N) is 3. The minimum absolute atomic E-state index is 0. The molecule has 1 aromatic carbocycles. The van der Waals surface area contributed by atoms with Gasteiger partial charge in [0, 0.05) is 17.9 Å². The number of amides is 3. The number of benzene rings is 1. The Morgan fingerprint density at radius 2 is 1.95 bits per heavy atom. The number of nitrogens with two attached hydrogens (primary N) is 1. The molecular weight excluding hydrogens is 280 g/mol. The van der Waals surface area contributed by atoms with Crippen LogP contribution in [-0.4, -0.2) is 25.0 Å². The van der Waals surface area contributed by atoms with Crippen molar-refractivity contribution >= 4 is 35.7 Å². The zero-order chi connectivity index (χ0) is 13.9. The first-order valence-corrected chi connectivity index (χ1v) is 6.18. The Bertz CT molecular complexity index is 501. The van der Waals surface area contributed by atoms with Gasteiger partial charge in [0.1, 0.15) is 0 Å². The van der Waals surface area contributed by atoms with Crippen molar-refractivity contribution in [3.8, 4) is 0 Å². The third-order valence-corrected chi connectivity index (χ3v) is 3.30. The van der Waals surface area contributed by atoms with E-state index in [-0.39, 0.29) is 23.7 Å². The lowest BCUT2D eigenvalue weighted by molar-refractivity contribution is -0.123. The topological polar surface area (TPSA) is 96.2 Å². The van der Waals surface area contributed by atoms with Gasteiger partial charge in [-0.1, -0.05) is 6.07 Å². The molecule has 2 rings (SSSR count). The van der Waals surface area contributed by atoms with Crippen molar-refractivity contribution in [1.82, 2.24) is 5.32 Å². The van der Waals surface area contributed by atoms with E-state index in [4.69, 9.17) is 5.73 Å². The van der Waals surface area contributed by atoms with Gasteiger partial charge in [-0.25, -0.2) is 4.79 Å². The van der Waals surface area contributed by atoms with E-state index < -0.39 is 6.03 Å². The maximum atomic E-state index is 12.2. The molecule has 1 unspecified atom stereocenters. The van der Waals surface area contributed by atoms with Crippen LogP contribution in [-0.2, 0) is 4.79 Å². The van der Waals surface area contributed by atoms with Crippen LogP contribution >= 0.6 is 12.4 Å². The largest absolute Gasteiger partial charge is 0.351 e. The zero-order valence-corrected chi connectivity index (χ0v) is 12.0. The summed E-state index contributed by atoms with van der Waals surface area (Å²) < 4.78 is 0. The molecule has 6 nitrogen and oxygen atoms in total. The summed E-state index contributed by atoms with van der Waals surface area (Å²) in [5, 5.41) is 8.52. The summed E-state index contributed by atoms with van der Waals surface area (Å²) in [4.78, 5) is 23.0. The van der Waals surface area contributed by atoms with Crippen LogP contribution in [0.2, 0.25) is 0 Å². The van der Waals surface area contributed by atoms with E-state index in [9.17, 15) is 9.59 Å². The molecule has 1 saturated heterocycles. The summed E-state index contributed by atoms with van der Waals surface area (Å²) in [7, 11) is 0. The number of halogens is 1. The quantitative estimate of drug-likeness (QED) is 0.681. The highest BCUT2D eigenvalue weighted by Crippen LogP contribution is 2.26. The zero-order valence-electron chi connectivity index (χ0n) is 11.2. The molecule has 7 heteroatoms. The molecular formula is C13H19ClN4O2. The third-order valence-electron chi connectivity index (χ3n) is 3.30. The van der Waals surface area contributed by atoms with Crippen LogP contribution in [0.3, 0.4) is 0 Å². The summed E-state index contributed by atoms with van der Waals surface area (Å²) in [5.74, 6) is -0.0197. The van der Waals surface area contributed by atoms with Gasteiger partial charge >= 0.3 is 6.03 Å². The van der Waals surface area contributed by atoms with Crippen LogP contribution < -0.4 is 21.7 Å². The smallest absolute Gasteiger partial charge is 0.316 e. The molecule has 1 aliphatic rings. The molecule has 0 aliphatic carbocycles. The molecule has 20 heavy (non-hydrogen) atoms. The molecule has 1 aromatic rings. The molecule has 3 amide bonds. The predicted octanol–water partition coefficient (Wildman–Crippen LogP) is 1.54. The van der Waals surface area contributed by atoms with Crippen LogP contribution in [0.1, 0.15) is 13.3 Å². The maximum absolute atomic E-state index is 12.2. The van der Waals surface area contributed by atoms with E-state index in [1.807, 2.05) is 6.92 Å². The fourth-order valence-electron chi connectivity index (χ4n) is 2.11. The van der Waals surface area contributed by atoms with Gasteiger partial charge in [0.15, 0.2) is 0 Å². The Hall–Kier alpha value is -1.79. The van der Waals surface area contributed by atoms with Crippen LogP contribution in [0.15, 0.2) is 24.3 Å². The Morgan fingerprint density at radius 3 is 2.50 bits per heavy atom. The summed E-state index contributed by atoms with van der Waals surface area (Å²) in [6, 6.07) is 6.27. The molecule has 5 N–H and O–H groups in total.